The SMILES string of the molecule is Cc1cc2cc(CN(CCc3ccccc3)S(=O)(=O)c3c(C)ccc4nsnc34)c(=O)[nH]c2cc1C. The topological polar surface area (TPSA) is 96.0 Å². The van der Waals surface area contributed by atoms with Crippen LogP contribution in [0, 0.1) is 20.8 Å². The molecule has 5 aromatic rings. The molecule has 2 heterocycles. The molecule has 7 nitrogen and oxygen atoms in total. The molecule has 0 bridgehead atoms. The van der Waals surface area contributed by atoms with Gasteiger partial charge in [-0.1, -0.05) is 36.4 Å². The molecule has 0 saturated carbocycles. The highest BCUT2D eigenvalue weighted by molar-refractivity contribution is 7.89. The summed E-state index contributed by atoms with van der Waals surface area (Å²) in [6.45, 7) is 5.93. The van der Waals surface area contributed by atoms with E-state index >= 15 is 0 Å². The summed E-state index contributed by atoms with van der Waals surface area (Å²) < 4.78 is 38.1. The van der Waals surface area contributed by atoms with Gasteiger partial charge < -0.3 is 4.98 Å². The Labute approximate surface area is 213 Å². The van der Waals surface area contributed by atoms with Crippen molar-refractivity contribution in [1.29, 1.82) is 0 Å². The van der Waals surface area contributed by atoms with Gasteiger partial charge >= 0.3 is 0 Å². The number of hydrogen-bond acceptors (Lipinski definition) is 6. The summed E-state index contributed by atoms with van der Waals surface area (Å²) in [5.41, 5.74) is 5.54. The van der Waals surface area contributed by atoms with E-state index in [-0.39, 0.29) is 23.5 Å². The van der Waals surface area contributed by atoms with Crippen molar-refractivity contribution in [3.05, 3.63) is 98.8 Å². The number of aromatic amines is 1. The minimum Gasteiger partial charge on any atom is -0.322 e. The van der Waals surface area contributed by atoms with Crippen LogP contribution in [0.25, 0.3) is 21.9 Å². The number of H-pyrrole nitrogens is 1. The fourth-order valence-corrected chi connectivity index (χ4v) is 6.76. The Morgan fingerprint density at radius 3 is 2.44 bits per heavy atom. The number of fused-ring (bicyclic) bond motifs is 2. The Morgan fingerprint density at radius 2 is 1.67 bits per heavy atom. The normalized spacial score (nSPS) is 12.1. The van der Waals surface area contributed by atoms with Crippen molar-refractivity contribution >= 4 is 43.7 Å². The maximum Gasteiger partial charge on any atom is 0.252 e. The molecule has 36 heavy (non-hydrogen) atoms. The Balaban J connectivity index is 1.60. The standard InChI is InChI=1S/C27H26N4O3S2/c1-17-9-10-23-25(30-35-29-23)26(17)36(33,34)31(12-11-20-7-5-4-6-8-20)16-22-15-21-13-18(2)19(3)14-24(21)28-27(22)32/h4-10,13-15H,11-12,16H2,1-3H3,(H,28,32). The summed E-state index contributed by atoms with van der Waals surface area (Å²) in [5, 5.41) is 0.870. The second-order valence-electron chi connectivity index (χ2n) is 9.07. The smallest absolute Gasteiger partial charge is 0.252 e. The number of aromatic nitrogens is 3. The Morgan fingerprint density at radius 1 is 0.917 bits per heavy atom. The van der Waals surface area contributed by atoms with Gasteiger partial charge in [-0.2, -0.15) is 13.1 Å². The zero-order chi connectivity index (χ0) is 25.4. The number of nitrogens with one attached hydrogen (secondary N) is 1. The van der Waals surface area contributed by atoms with Gasteiger partial charge in [0.2, 0.25) is 10.0 Å². The van der Waals surface area contributed by atoms with Crippen LogP contribution < -0.4 is 5.56 Å². The first-order chi connectivity index (χ1) is 17.2. The van der Waals surface area contributed by atoms with Crippen LogP contribution >= 0.6 is 11.7 Å². The second-order valence-corrected chi connectivity index (χ2v) is 11.5. The Hall–Kier alpha value is -3.40. The van der Waals surface area contributed by atoms with E-state index in [1.54, 1.807) is 25.1 Å². The van der Waals surface area contributed by atoms with Gasteiger partial charge in [-0.3, -0.25) is 4.79 Å². The number of benzene rings is 3. The first kappa shape index (κ1) is 24.3. The van der Waals surface area contributed by atoms with E-state index in [0.717, 1.165) is 39.3 Å². The van der Waals surface area contributed by atoms with Gasteiger partial charge in [-0.15, -0.1) is 0 Å². The zero-order valence-electron chi connectivity index (χ0n) is 20.3. The van der Waals surface area contributed by atoms with Crippen LogP contribution in [0.15, 0.2) is 70.4 Å². The van der Waals surface area contributed by atoms with E-state index in [0.29, 0.717) is 28.6 Å². The lowest BCUT2D eigenvalue weighted by molar-refractivity contribution is 0.408. The van der Waals surface area contributed by atoms with Crippen molar-refractivity contribution in [1.82, 2.24) is 18.0 Å². The van der Waals surface area contributed by atoms with Crippen molar-refractivity contribution in [3.63, 3.8) is 0 Å². The van der Waals surface area contributed by atoms with Gasteiger partial charge in [0.05, 0.1) is 11.7 Å². The molecule has 0 saturated heterocycles. The van der Waals surface area contributed by atoms with Crippen molar-refractivity contribution in [3.8, 4) is 0 Å². The molecule has 184 valence electrons. The van der Waals surface area contributed by atoms with Gasteiger partial charge in [0.15, 0.2) is 0 Å². The number of aryl methyl sites for hydroxylation is 3. The first-order valence-corrected chi connectivity index (χ1v) is 13.8. The van der Waals surface area contributed by atoms with E-state index in [2.05, 4.69) is 13.7 Å². The van der Waals surface area contributed by atoms with Gasteiger partial charge in [0.25, 0.3) is 5.56 Å². The summed E-state index contributed by atoms with van der Waals surface area (Å²) in [7, 11) is -4.00. The average Bonchev–Trinajstić information content (AvgIpc) is 3.32. The summed E-state index contributed by atoms with van der Waals surface area (Å²) in [6, 6.07) is 19.0. The monoisotopic (exact) mass is 518 g/mol. The highest BCUT2D eigenvalue weighted by Crippen LogP contribution is 2.29. The van der Waals surface area contributed by atoms with Crippen molar-refractivity contribution in [2.75, 3.05) is 6.54 Å². The van der Waals surface area contributed by atoms with E-state index in [1.165, 1.54) is 4.31 Å². The van der Waals surface area contributed by atoms with Crippen LogP contribution in [-0.2, 0) is 23.0 Å². The lowest BCUT2D eigenvalue weighted by Gasteiger charge is -2.23. The lowest BCUT2D eigenvalue weighted by atomic mass is 10.0. The number of nitrogens with zero attached hydrogens (tertiary/aromatic N) is 3. The van der Waals surface area contributed by atoms with E-state index in [4.69, 9.17) is 0 Å². The fraction of sp³-hybridized carbons (Fsp3) is 0.222. The second kappa shape index (κ2) is 9.57. The number of rotatable bonds is 7. The van der Waals surface area contributed by atoms with Gasteiger partial charge in [-0.25, -0.2) is 8.42 Å². The minimum atomic E-state index is -4.00. The maximum absolute atomic E-state index is 14.1. The number of sulfonamides is 1. The summed E-state index contributed by atoms with van der Waals surface area (Å²) in [6.07, 6.45) is 0.508. The van der Waals surface area contributed by atoms with Gasteiger partial charge in [0.1, 0.15) is 15.9 Å². The molecule has 0 aliphatic carbocycles. The lowest BCUT2D eigenvalue weighted by Crippen LogP contribution is -2.35. The molecule has 5 rings (SSSR count). The molecule has 0 atom stereocenters. The van der Waals surface area contributed by atoms with Crippen LogP contribution in [0.3, 0.4) is 0 Å². The molecule has 0 aliphatic rings. The highest BCUT2D eigenvalue weighted by atomic mass is 32.2. The molecular weight excluding hydrogens is 492 g/mol. The third kappa shape index (κ3) is 4.57. The van der Waals surface area contributed by atoms with Crippen LogP contribution in [0.4, 0.5) is 0 Å². The third-order valence-corrected chi connectivity index (χ3v) is 9.12. The van der Waals surface area contributed by atoms with E-state index in [1.807, 2.05) is 56.3 Å². The predicted molar refractivity (Wildman–Crippen MR) is 144 cm³/mol. The molecule has 0 unspecified atom stereocenters. The molecule has 1 N–H and O–H groups in total. The Kier molecular flexibility index (Phi) is 6.46. The summed E-state index contributed by atoms with van der Waals surface area (Å²) >= 11 is 0.986. The molecule has 0 spiro atoms. The van der Waals surface area contributed by atoms with E-state index in [9.17, 15) is 13.2 Å². The largest absolute Gasteiger partial charge is 0.322 e. The number of hydrogen-bond donors (Lipinski definition) is 1. The maximum atomic E-state index is 14.1. The third-order valence-electron chi connectivity index (χ3n) is 6.55. The molecular formula is C27H26N4O3S2. The van der Waals surface area contributed by atoms with Crippen LogP contribution in [0.5, 0.6) is 0 Å². The fourth-order valence-electron chi connectivity index (χ4n) is 4.40. The van der Waals surface area contributed by atoms with Gasteiger partial charge in [0, 0.05) is 24.2 Å². The van der Waals surface area contributed by atoms with Crippen molar-refractivity contribution in [2.45, 2.75) is 38.6 Å². The summed E-state index contributed by atoms with van der Waals surface area (Å²) in [4.78, 5) is 16.1. The van der Waals surface area contributed by atoms with Crippen molar-refractivity contribution < 1.29 is 8.42 Å². The average molecular weight is 519 g/mol. The zero-order valence-corrected chi connectivity index (χ0v) is 21.9. The molecule has 0 amide bonds. The molecule has 0 radical (unpaired) electrons. The van der Waals surface area contributed by atoms with Crippen molar-refractivity contribution in [2.24, 2.45) is 0 Å². The van der Waals surface area contributed by atoms with E-state index < -0.39 is 10.0 Å². The van der Waals surface area contributed by atoms with Crippen LogP contribution in [-0.4, -0.2) is 33.0 Å². The molecule has 0 fully saturated rings. The van der Waals surface area contributed by atoms with Gasteiger partial charge in [-0.05, 0) is 79.1 Å². The molecule has 3 aromatic carbocycles. The predicted octanol–water partition coefficient (Wildman–Crippen LogP) is 4.89. The molecule has 2 aromatic heterocycles. The highest BCUT2D eigenvalue weighted by Gasteiger charge is 2.30. The van der Waals surface area contributed by atoms with Crippen LogP contribution in [0.1, 0.15) is 27.8 Å². The Bertz CT molecular complexity index is 1740. The van der Waals surface area contributed by atoms with Crippen LogP contribution in [0.2, 0.25) is 0 Å². The molecule has 9 heteroatoms. The first-order valence-electron chi connectivity index (χ1n) is 11.6. The molecule has 0 aliphatic heterocycles. The summed E-state index contributed by atoms with van der Waals surface area (Å²) in [5.74, 6) is 0. The number of pyridine rings is 1. The minimum absolute atomic E-state index is 0.0548. The quantitative estimate of drug-likeness (QED) is 0.331.